The molecule has 100 valence electrons. The van der Waals surface area contributed by atoms with Gasteiger partial charge in [-0.3, -0.25) is 0 Å². The SMILES string of the molecule is CCC(C#N)(CCCOCCC(F)(F)F)NC. The highest BCUT2D eigenvalue weighted by atomic mass is 19.4. The van der Waals surface area contributed by atoms with Gasteiger partial charge in [0.15, 0.2) is 0 Å². The van der Waals surface area contributed by atoms with Crippen LogP contribution in [0.15, 0.2) is 0 Å². The number of ether oxygens (including phenoxy) is 1. The first-order valence-corrected chi connectivity index (χ1v) is 5.64. The molecule has 0 aromatic rings. The monoisotopic (exact) mass is 252 g/mol. The summed E-state index contributed by atoms with van der Waals surface area (Å²) in [6.45, 7) is 1.83. The van der Waals surface area contributed by atoms with E-state index in [0.717, 1.165) is 0 Å². The van der Waals surface area contributed by atoms with Crippen LogP contribution >= 0.6 is 0 Å². The molecule has 0 spiro atoms. The summed E-state index contributed by atoms with van der Waals surface area (Å²) in [7, 11) is 1.71. The zero-order valence-electron chi connectivity index (χ0n) is 10.2. The fourth-order valence-electron chi connectivity index (χ4n) is 1.44. The lowest BCUT2D eigenvalue weighted by Gasteiger charge is -2.24. The molecule has 0 aliphatic heterocycles. The molecule has 6 heteroatoms. The van der Waals surface area contributed by atoms with Crippen LogP contribution in [0, 0.1) is 11.3 Å². The Morgan fingerprint density at radius 1 is 1.24 bits per heavy atom. The van der Waals surface area contributed by atoms with Gasteiger partial charge in [-0.2, -0.15) is 18.4 Å². The summed E-state index contributed by atoms with van der Waals surface area (Å²) in [5.74, 6) is 0. The first-order chi connectivity index (χ1) is 7.89. The van der Waals surface area contributed by atoms with E-state index in [1.807, 2.05) is 6.92 Å². The van der Waals surface area contributed by atoms with E-state index >= 15 is 0 Å². The van der Waals surface area contributed by atoms with Crippen LogP contribution in [0.1, 0.15) is 32.6 Å². The number of nitrogens with one attached hydrogen (secondary N) is 1. The molecule has 0 saturated carbocycles. The van der Waals surface area contributed by atoms with Crippen LogP contribution in [0.25, 0.3) is 0 Å². The number of rotatable bonds is 8. The number of hydrogen-bond donors (Lipinski definition) is 1. The fourth-order valence-corrected chi connectivity index (χ4v) is 1.44. The molecule has 0 aliphatic carbocycles. The molecule has 17 heavy (non-hydrogen) atoms. The lowest BCUT2D eigenvalue weighted by molar-refractivity contribution is -0.145. The first-order valence-electron chi connectivity index (χ1n) is 5.64. The Labute approximate surface area is 99.9 Å². The predicted octanol–water partition coefficient (Wildman–Crippen LogP) is 2.63. The second kappa shape index (κ2) is 7.51. The van der Waals surface area contributed by atoms with Gasteiger partial charge >= 0.3 is 6.18 Å². The predicted molar refractivity (Wildman–Crippen MR) is 58.4 cm³/mol. The third kappa shape index (κ3) is 7.18. The maximum Gasteiger partial charge on any atom is 0.391 e. The van der Waals surface area contributed by atoms with E-state index in [1.54, 1.807) is 7.05 Å². The van der Waals surface area contributed by atoms with Crippen molar-refractivity contribution in [2.45, 2.75) is 44.3 Å². The van der Waals surface area contributed by atoms with Crippen molar-refractivity contribution in [3.8, 4) is 6.07 Å². The Morgan fingerprint density at radius 3 is 2.29 bits per heavy atom. The highest BCUT2D eigenvalue weighted by Crippen LogP contribution is 2.19. The highest BCUT2D eigenvalue weighted by Gasteiger charge is 2.27. The minimum absolute atomic E-state index is 0.251. The van der Waals surface area contributed by atoms with Gasteiger partial charge in [0.25, 0.3) is 0 Å². The average Bonchev–Trinajstić information content (AvgIpc) is 2.28. The number of halogens is 3. The topological polar surface area (TPSA) is 45.0 Å². The molecule has 0 aliphatic rings. The molecule has 1 unspecified atom stereocenters. The van der Waals surface area contributed by atoms with Crippen LogP contribution in [0.2, 0.25) is 0 Å². The number of hydrogen-bond acceptors (Lipinski definition) is 3. The van der Waals surface area contributed by atoms with Gasteiger partial charge in [0.2, 0.25) is 0 Å². The summed E-state index contributed by atoms with van der Waals surface area (Å²) in [5, 5.41) is 11.9. The smallest absolute Gasteiger partial charge is 0.381 e. The highest BCUT2D eigenvalue weighted by molar-refractivity contribution is 5.05. The minimum Gasteiger partial charge on any atom is -0.381 e. The molecule has 1 N–H and O–H groups in total. The Balaban J connectivity index is 3.68. The second-order valence-electron chi connectivity index (χ2n) is 3.88. The van der Waals surface area contributed by atoms with E-state index in [0.29, 0.717) is 19.3 Å². The Hall–Kier alpha value is -0.800. The van der Waals surface area contributed by atoms with Gasteiger partial charge in [0.1, 0.15) is 5.54 Å². The molecular formula is C11H19F3N2O. The van der Waals surface area contributed by atoms with Gasteiger partial charge in [-0.15, -0.1) is 0 Å². The molecule has 1 atom stereocenters. The number of nitriles is 1. The summed E-state index contributed by atoms with van der Waals surface area (Å²) in [5.41, 5.74) is -0.590. The summed E-state index contributed by atoms with van der Waals surface area (Å²) in [4.78, 5) is 0. The largest absolute Gasteiger partial charge is 0.391 e. The summed E-state index contributed by atoms with van der Waals surface area (Å²) < 4.78 is 40.2. The van der Waals surface area contributed by atoms with Gasteiger partial charge in [-0.25, -0.2) is 0 Å². The van der Waals surface area contributed by atoms with Crippen molar-refractivity contribution in [1.29, 1.82) is 5.26 Å². The first kappa shape index (κ1) is 16.2. The quantitative estimate of drug-likeness (QED) is 0.675. The summed E-state index contributed by atoms with van der Waals surface area (Å²) in [6, 6.07) is 2.18. The molecule has 0 bridgehead atoms. The molecule has 0 fully saturated rings. The molecule has 0 aromatic carbocycles. The maximum absolute atomic E-state index is 11.8. The third-order valence-electron chi connectivity index (χ3n) is 2.72. The van der Waals surface area contributed by atoms with Crippen molar-refractivity contribution in [2.75, 3.05) is 20.3 Å². The van der Waals surface area contributed by atoms with E-state index < -0.39 is 18.1 Å². The van der Waals surface area contributed by atoms with Crippen LogP contribution in [0.4, 0.5) is 13.2 Å². The normalized spacial score (nSPS) is 15.3. The molecule has 0 radical (unpaired) electrons. The van der Waals surface area contributed by atoms with Crippen LogP contribution < -0.4 is 5.32 Å². The van der Waals surface area contributed by atoms with Gasteiger partial charge in [-0.1, -0.05) is 6.92 Å². The van der Waals surface area contributed by atoms with E-state index in [2.05, 4.69) is 11.4 Å². The standard InChI is InChI=1S/C11H19F3N2O/c1-3-10(9-15,16-2)5-4-7-17-8-6-11(12,13)14/h16H,3-8H2,1-2H3. The lowest BCUT2D eigenvalue weighted by atomic mass is 9.92. The van der Waals surface area contributed by atoms with Gasteiger partial charge in [-0.05, 0) is 26.3 Å². The van der Waals surface area contributed by atoms with Crippen LogP contribution in [0.3, 0.4) is 0 Å². The van der Waals surface area contributed by atoms with E-state index in [9.17, 15) is 13.2 Å². The molecular weight excluding hydrogens is 233 g/mol. The average molecular weight is 252 g/mol. The molecule has 0 saturated heterocycles. The summed E-state index contributed by atoms with van der Waals surface area (Å²) >= 11 is 0. The molecule has 0 heterocycles. The van der Waals surface area contributed by atoms with Crippen molar-refractivity contribution in [3.63, 3.8) is 0 Å². The van der Waals surface area contributed by atoms with Crippen LogP contribution in [-0.4, -0.2) is 32.0 Å². The Morgan fingerprint density at radius 2 is 1.88 bits per heavy atom. The maximum atomic E-state index is 11.8. The third-order valence-corrected chi connectivity index (χ3v) is 2.72. The molecule has 0 aromatic heterocycles. The van der Waals surface area contributed by atoms with Crippen LogP contribution in [0.5, 0.6) is 0 Å². The van der Waals surface area contributed by atoms with E-state index in [1.165, 1.54) is 0 Å². The van der Waals surface area contributed by atoms with Crippen LogP contribution in [-0.2, 0) is 4.74 Å². The molecule has 0 amide bonds. The Bertz CT molecular complexity index is 244. The molecule has 0 rings (SSSR count). The zero-order chi connectivity index (χ0) is 13.4. The lowest BCUT2D eigenvalue weighted by Crippen LogP contribution is -2.40. The number of alkyl halides is 3. The van der Waals surface area contributed by atoms with Crippen molar-refractivity contribution in [2.24, 2.45) is 0 Å². The Kier molecular flexibility index (Phi) is 7.16. The van der Waals surface area contributed by atoms with Crippen molar-refractivity contribution in [1.82, 2.24) is 5.32 Å². The van der Waals surface area contributed by atoms with Gasteiger partial charge in [0.05, 0.1) is 19.1 Å². The van der Waals surface area contributed by atoms with Gasteiger partial charge < -0.3 is 10.1 Å². The van der Waals surface area contributed by atoms with Crippen molar-refractivity contribution < 1.29 is 17.9 Å². The minimum atomic E-state index is -4.16. The fraction of sp³-hybridized carbons (Fsp3) is 0.909. The van der Waals surface area contributed by atoms with Crippen molar-refractivity contribution >= 4 is 0 Å². The second-order valence-corrected chi connectivity index (χ2v) is 3.88. The van der Waals surface area contributed by atoms with Crippen molar-refractivity contribution in [3.05, 3.63) is 0 Å². The van der Waals surface area contributed by atoms with E-state index in [4.69, 9.17) is 10.00 Å². The van der Waals surface area contributed by atoms with E-state index in [-0.39, 0.29) is 13.2 Å². The zero-order valence-corrected chi connectivity index (χ0v) is 10.2. The molecule has 3 nitrogen and oxygen atoms in total. The summed E-state index contributed by atoms with van der Waals surface area (Å²) in [6.07, 6.45) is -3.29. The number of nitrogens with zero attached hydrogens (tertiary/aromatic N) is 1. The van der Waals surface area contributed by atoms with Gasteiger partial charge in [0, 0.05) is 6.61 Å².